The van der Waals surface area contributed by atoms with Crippen molar-refractivity contribution in [3.8, 4) is 0 Å². The Morgan fingerprint density at radius 1 is 1.29 bits per heavy atom. The average Bonchev–Trinajstić information content (AvgIpc) is 2.92. The molecule has 2 N–H and O–H groups in total. The van der Waals surface area contributed by atoms with Gasteiger partial charge in [-0.15, -0.1) is 40.8 Å². The van der Waals surface area contributed by atoms with Crippen LogP contribution in [0.3, 0.4) is 0 Å². The summed E-state index contributed by atoms with van der Waals surface area (Å²) >= 11 is 0. The molecule has 1 aromatic carbocycles. The number of rotatable bonds is 7. The van der Waals surface area contributed by atoms with Crippen LogP contribution in [0, 0.1) is 13.8 Å². The summed E-state index contributed by atoms with van der Waals surface area (Å²) in [5.74, 6) is 2.25. The van der Waals surface area contributed by atoms with Gasteiger partial charge in [0.1, 0.15) is 5.82 Å². The first-order valence-electron chi connectivity index (χ1n) is 8.50. The Kier molecular flexibility index (Phi) is 9.08. The maximum absolute atomic E-state index is 11.7. The van der Waals surface area contributed by atoms with E-state index in [4.69, 9.17) is 0 Å². The van der Waals surface area contributed by atoms with Gasteiger partial charge in [0.05, 0.1) is 18.0 Å². The minimum atomic E-state index is -3.22. The molecule has 10 heteroatoms. The van der Waals surface area contributed by atoms with Gasteiger partial charge in [-0.2, -0.15) is 0 Å². The second kappa shape index (κ2) is 10.6. The standard InChI is InChI=1S/C18H26N6O2S.HI/c1-6-9-19-18(21-12-17-23-22-14(3)24(17)4)20-11-15-7-8-16(13(2)10-15)27(5,25)26;/h6-8,10H,1,9,11-12H2,2-5H3,(H2,19,20,21);1H. The SMILES string of the molecule is C=CCNC(=NCc1ccc(S(C)(=O)=O)c(C)c1)NCc1nnc(C)n1C.I. The number of guanidine groups is 1. The molecule has 0 saturated carbocycles. The van der Waals surface area contributed by atoms with Gasteiger partial charge < -0.3 is 15.2 Å². The Morgan fingerprint density at radius 2 is 2.00 bits per heavy atom. The first-order chi connectivity index (χ1) is 12.7. The van der Waals surface area contributed by atoms with Crippen LogP contribution in [0.15, 0.2) is 40.7 Å². The third-order valence-corrected chi connectivity index (χ3v) is 5.33. The van der Waals surface area contributed by atoms with Crippen molar-refractivity contribution < 1.29 is 8.42 Å². The summed E-state index contributed by atoms with van der Waals surface area (Å²) in [6.07, 6.45) is 2.96. The third-order valence-electron chi connectivity index (χ3n) is 4.07. The van der Waals surface area contributed by atoms with Crippen LogP contribution in [0.5, 0.6) is 0 Å². The highest BCUT2D eigenvalue weighted by Crippen LogP contribution is 2.17. The summed E-state index contributed by atoms with van der Waals surface area (Å²) in [6, 6.07) is 5.25. The normalized spacial score (nSPS) is 11.6. The predicted octanol–water partition coefficient (Wildman–Crippen LogP) is 1.87. The first kappa shape index (κ1) is 24.1. The largest absolute Gasteiger partial charge is 0.353 e. The molecule has 0 fully saturated rings. The van der Waals surface area contributed by atoms with Crippen molar-refractivity contribution in [2.45, 2.75) is 31.8 Å². The van der Waals surface area contributed by atoms with Crippen molar-refractivity contribution in [1.82, 2.24) is 25.4 Å². The number of aromatic nitrogens is 3. The van der Waals surface area contributed by atoms with E-state index >= 15 is 0 Å². The number of aliphatic imine (C=N–C) groups is 1. The molecule has 0 radical (unpaired) electrons. The van der Waals surface area contributed by atoms with E-state index in [0.717, 1.165) is 17.2 Å². The van der Waals surface area contributed by atoms with E-state index in [2.05, 4.69) is 32.4 Å². The molecule has 2 aromatic rings. The van der Waals surface area contributed by atoms with E-state index in [0.29, 0.717) is 36.1 Å². The van der Waals surface area contributed by atoms with E-state index in [1.54, 1.807) is 25.1 Å². The van der Waals surface area contributed by atoms with Crippen LogP contribution in [0.4, 0.5) is 0 Å². The molecule has 154 valence electrons. The molecule has 0 aliphatic carbocycles. The van der Waals surface area contributed by atoms with Gasteiger partial charge in [-0.05, 0) is 31.0 Å². The fraction of sp³-hybridized carbons (Fsp3) is 0.389. The second-order valence-corrected chi connectivity index (χ2v) is 8.27. The van der Waals surface area contributed by atoms with Gasteiger partial charge in [0.15, 0.2) is 21.6 Å². The zero-order chi connectivity index (χ0) is 20.0. The van der Waals surface area contributed by atoms with Crippen LogP contribution in [0.25, 0.3) is 0 Å². The maximum Gasteiger partial charge on any atom is 0.192 e. The number of benzene rings is 1. The molecule has 0 unspecified atom stereocenters. The fourth-order valence-corrected chi connectivity index (χ4v) is 3.47. The van der Waals surface area contributed by atoms with Gasteiger partial charge >= 0.3 is 0 Å². The third kappa shape index (κ3) is 6.59. The van der Waals surface area contributed by atoms with E-state index in [1.807, 2.05) is 24.6 Å². The Bertz CT molecular complexity index is 953. The van der Waals surface area contributed by atoms with E-state index in [1.165, 1.54) is 6.26 Å². The minimum Gasteiger partial charge on any atom is -0.353 e. The number of nitrogens with one attached hydrogen (secondary N) is 2. The van der Waals surface area contributed by atoms with Crippen molar-refractivity contribution in [2.75, 3.05) is 12.8 Å². The fourth-order valence-electron chi connectivity index (χ4n) is 2.51. The monoisotopic (exact) mass is 518 g/mol. The van der Waals surface area contributed by atoms with Crippen LogP contribution >= 0.6 is 24.0 Å². The molecule has 2 rings (SSSR count). The highest BCUT2D eigenvalue weighted by molar-refractivity contribution is 14.0. The topological polar surface area (TPSA) is 101 Å². The van der Waals surface area contributed by atoms with Gasteiger partial charge in [-0.3, -0.25) is 0 Å². The predicted molar refractivity (Wildman–Crippen MR) is 122 cm³/mol. The molecule has 8 nitrogen and oxygen atoms in total. The molecule has 0 aliphatic heterocycles. The number of aryl methyl sites for hydroxylation is 2. The molecule has 0 amide bonds. The van der Waals surface area contributed by atoms with Gasteiger partial charge in [0.25, 0.3) is 0 Å². The summed E-state index contributed by atoms with van der Waals surface area (Å²) in [4.78, 5) is 4.90. The maximum atomic E-state index is 11.7. The van der Waals surface area contributed by atoms with Crippen LogP contribution in [-0.2, 0) is 30.0 Å². The lowest BCUT2D eigenvalue weighted by molar-refractivity contribution is 0.601. The quantitative estimate of drug-likeness (QED) is 0.251. The zero-order valence-corrected chi connectivity index (χ0v) is 19.7. The van der Waals surface area contributed by atoms with E-state index < -0.39 is 9.84 Å². The van der Waals surface area contributed by atoms with Crippen molar-refractivity contribution >= 4 is 39.8 Å². The summed E-state index contributed by atoms with van der Waals surface area (Å²) < 4.78 is 25.4. The summed E-state index contributed by atoms with van der Waals surface area (Å²) in [7, 11) is -1.31. The molecule has 1 heterocycles. The van der Waals surface area contributed by atoms with Crippen molar-refractivity contribution in [1.29, 1.82) is 0 Å². The number of hydrogen-bond acceptors (Lipinski definition) is 5. The molecular weight excluding hydrogens is 491 g/mol. The summed E-state index contributed by atoms with van der Waals surface area (Å²) in [6.45, 7) is 8.84. The first-order valence-corrected chi connectivity index (χ1v) is 10.4. The van der Waals surface area contributed by atoms with Crippen LogP contribution < -0.4 is 10.6 Å². The summed E-state index contributed by atoms with van der Waals surface area (Å²) in [5.41, 5.74) is 1.64. The number of sulfone groups is 1. The Morgan fingerprint density at radius 3 is 2.54 bits per heavy atom. The zero-order valence-electron chi connectivity index (χ0n) is 16.6. The average molecular weight is 518 g/mol. The number of nitrogens with zero attached hydrogens (tertiary/aromatic N) is 4. The molecule has 0 aliphatic rings. The molecule has 28 heavy (non-hydrogen) atoms. The summed E-state index contributed by atoms with van der Waals surface area (Å²) in [5, 5.41) is 14.5. The van der Waals surface area contributed by atoms with Gasteiger partial charge in [0, 0.05) is 19.8 Å². The minimum absolute atomic E-state index is 0. The van der Waals surface area contributed by atoms with E-state index in [9.17, 15) is 8.42 Å². The molecular formula is C18H27IN6O2S. The Labute approximate surface area is 183 Å². The lowest BCUT2D eigenvalue weighted by Crippen LogP contribution is -2.37. The Hall–Kier alpha value is -1.95. The Balaban J connectivity index is 0.00000392. The number of hydrogen-bond donors (Lipinski definition) is 2. The molecule has 0 spiro atoms. The van der Waals surface area contributed by atoms with Crippen LogP contribution in [-0.4, -0.2) is 41.9 Å². The molecule has 0 atom stereocenters. The number of halogens is 1. The van der Waals surface area contributed by atoms with Crippen molar-refractivity contribution in [3.63, 3.8) is 0 Å². The van der Waals surface area contributed by atoms with E-state index in [-0.39, 0.29) is 24.0 Å². The highest BCUT2D eigenvalue weighted by atomic mass is 127. The van der Waals surface area contributed by atoms with Gasteiger partial charge in [-0.1, -0.05) is 18.2 Å². The lowest BCUT2D eigenvalue weighted by atomic mass is 10.1. The van der Waals surface area contributed by atoms with Crippen molar-refractivity contribution in [2.24, 2.45) is 12.0 Å². The van der Waals surface area contributed by atoms with Gasteiger partial charge in [0.2, 0.25) is 0 Å². The smallest absolute Gasteiger partial charge is 0.192 e. The molecule has 0 bridgehead atoms. The van der Waals surface area contributed by atoms with Crippen LogP contribution in [0.2, 0.25) is 0 Å². The lowest BCUT2D eigenvalue weighted by Gasteiger charge is -2.12. The highest BCUT2D eigenvalue weighted by Gasteiger charge is 2.11. The van der Waals surface area contributed by atoms with Crippen LogP contribution in [0.1, 0.15) is 22.8 Å². The van der Waals surface area contributed by atoms with Gasteiger partial charge in [-0.25, -0.2) is 13.4 Å². The van der Waals surface area contributed by atoms with Crippen molar-refractivity contribution in [3.05, 3.63) is 53.6 Å². The molecule has 1 aromatic heterocycles. The second-order valence-electron chi connectivity index (χ2n) is 6.28. The molecule has 0 saturated heterocycles.